The molecule has 0 radical (unpaired) electrons. The summed E-state index contributed by atoms with van der Waals surface area (Å²) in [6, 6.07) is 25.3. The van der Waals surface area contributed by atoms with E-state index < -0.39 is 47.0 Å². The number of rotatable bonds is 7. The third-order valence-corrected chi connectivity index (χ3v) is 12.3. The Hall–Kier alpha value is -8.67. The van der Waals surface area contributed by atoms with Gasteiger partial charge in [0.05, 0.1) is 57.9 Å². The van der Waals surface area contributed by atoms with E-state index in [1.807, 2.05) is 0 Å². The summed E-state index contributed by atoms with van der Waals surface area (Å²) in [5, 5.41) is 0.584. The molecule has 0 atom stereocenters. The van der Waals surface area contributed by atoms with Gasteiger partial charge in [-0.1, -0.05) is 48.5 Å². The summed E-state index contributed by atoms with van der Waals surface area (Å²) in [4.78, 5) is 21.1. The van der Waals surface area contributed by atoms with Gasteiger partial charge in [0.2, 0.25) is 0 Å². The van der Waals surface area contributed by atoms with Gasteiger partial charge in [0.15, 0.2) is 0 Å². The Morgan fingerprint density at radius 1 is 0.432 bits per heavy atom. The van der Waals surface area contributed by atoms with Crippen molar-refractivity contribution in [3.63, 3.8) is 0 Å². The number of aromatic amines is 2. The maximum atomic E-state index is 14.1. The SMILES string of the molecule is COc1ccnc(/C=C\c2[nH]c3cc2C(c2ccc(C(F)(F)F)cc2)=C2C=CC(=N2)C(c2ccc(C(F)(F)F)cc2)=c2ccc([nH]2)=C(c2ccc(C(F)(F)F)cc2)C2=NC(=C3c3ccc(C(F)(F)F)cc3)C=C2)c1. The number of benzene rings is 4. The summed E-state index contributed by atoms with van der Waals surface area (Å²) >= 11 is 0. The van der Waals surface area contributed by atoms with Crippen LogP contribution in [0.3, 0.4) is 0 Å². The van der Waals surface area contributed by atoms with Crippen LogP contribution in [-0.4, -0.2) is 33.5 Å². The number of ether oxygens (including phenoxy) is 1. The van der Waals surface area contributed by atoms with Gasteiger partial charge < -0.3 is 14.7 Å². The second-order valence-corrected chi connectivity index (χ2v) is 17.0. The molecule has 3 aliphatic rings. The molecule has 0 aliphatic carbocycles. The van der Waals surface area contributed by atoms with Gasteiger partial charge in [0.25, 0.3) is 0 Å². The molecule has 3 aromatic heterocycles. The highest BCUT2D eigenvalue weighted by Gasteiger charge is 2.34. The number of allylic oxidation sites excluding steroid dienone is 4. The van der Waals surface area contributed by atoms with Crippen molar-refractivity contribution in [2.45, 2.75) is 24.7 Å². The summed E-state index contributed by atoms with van der Waals surface area (Å²) in [5.41, 5.74) is 0.330. The summed E-state index contributed by atoms with van der Waals surface area (Å²) in [6.45, 7) is 0. The molecule has 74 heavy (non-hydrogen) atoms. The van der Waals surface area contributed by atoms with Crippen LogP contribution in [0.15, 0.2) is 179 Å². The van der Waals surface area contributed by atoms with Crippen molar-refractivity contribution in [2.75, 3.05) is 7.11 Å². The van der Waals surface area contributed by atoms with Crippen LogP contribution in [0.5, 0.6) is 5.75 Å². The van der Waals surface area contributed by atoms with E-state index in [4.69, 9.17) is 14.7 Å². The lowest BCUT2D eigenvalue weighted by atomic mass is 9.93. The minimum Gasteiger partial charge on any atom is -0.497 e. The van der Waals surface area contributed by atoms with Gasteiger partial charge in [-0.3, -0.25) is 4.98 Å². The predicted molar refractivity (Wildman–Crippen MR) is 257 cm³/mol. The van der Waals surface area contributed by atoms with Gasteiger partial charge >= 0.3 is 24.7 Å². The van der Waals surface area contributed by atoms with Crippen LogP contribution in [0.25, 0.3) is 34.4 Å². The summed E-state index contributed by atoms with van der Waals surface area (Å²) in [7, 11) is 1.46. The number of aliphatic imine (C=N–C) groups is 2. The highest BCUT2D eigenvalue weighted by Crippen LogP contribution is 2.42. The highest BCUT2D eigenvalue weighted by atomic mass is 19.4. The number of halogens is 12. The molecular weight excluding hydrogens is 987 g/mol. The maximum Gasteiger partial charge on any atom is 0.416 e. The van der Waals surface area contributed by atoms with Crippen molar-refractivity contribution < 1.29 is 57.4 Å². The van der Waals surface area contributed by atoms with Crippen LogP contribution in [0.1, 0.15) is 67.2 Å². The molecule has 2 N–H and O–H groups in total. The van der Waals surface area contributed by atoms with Gasteiger partial charge in [-0.15, -0.1) is 0 Å². The molecule has 8 bridgehead atoms. The number of aromatic nitrogens is 3. The van der Waals surface area contributed by atoms with Crippen LogP contribution in [-0.2, 0) is 24.7 Å². The molecule has 10 rings (SSSR count). The Bertz CT molecular complexity index is 3710. The number of hydrogen-bond donors (Lipinski definition) is 2. The first-order chi connectivity index (χ1) is 35.1. The first-order valence-electron chi connectivity index (χ1n) is 22.2. The molecule has 0 fully saturated rings. The van der Waals surface area contributed by atoms with Gasteiger partial charge in [0, 0.05) is 62.2 Å². The lowest BCUT2D eigenvalue weighted by Gasteiger charge is -2.13. The molecule has 6 nitrogen and oxygen atoms in total. The highest BCUT2D eigenvalue weighted by molar-refractivity contribution is 6.31. The fourth-order valence-corrected chi connectivity index (χ4v) is 8.80. The molecule has 0 amide bonds. The molecule has 0 saturated heterocycles. The zero-order chi connectivity index (χ0) is 52.3. The van der Waals surface area contributed by atoms with Gasteiger partial charge in [0.1, 0.15) is 5.75 Å². The molecule has 18 heteroatoms. The molecule has 0 spiro atoms. The van der Waals surface area contributed by atoms with Crippen molar-refractivity contribution in [1.29, 1.82) is 0 Å². The first kappa shape index (κ1) is 48.9. The van der Waals surface area contributed by atoms with Crippen molar-refractivity contribution in [3.05, 3.63) is 247 Å². The maximum absolute atomic E-state index is 14.1. The molecule has 7 aromatic rings. The van der Waals surface area contributed by atoms with E-state index >= 15 is 0 Å². The van der Waals surface area contributed by atoms with Crippen LogP contribution < -0.4 is 15.4 Å². The normalized spacial score (nSPS) is 15.2. The number of methoxy groups -OCH3 is 1. The summed E-state index contributed by atoms with van der Waals surface area (Å²) in [5.74, 6) is 0.465. The average molecular weight is 1020 g/mol. The lowest BCUT2D eigenvalue weighted by Crippen LogP contribution is -2.21. The van der Waals surface area contributed by atoms with Gasteiger partial charge in [-0.25, -0.2) is 9.98 Å². The zero-order valence-electron chi connectivity index (χ0n) is 38.0. The Kier molecular flexibility index (Phi) is 12.2. The topological polar surface area (TPSA) is 78.4 Å². The number of nitrogens with zero attached hydrogens (tertiary/aromatic N) is 3. The van der Waals surface area contributed by atoms with Crippen LogP contribution >= 0.6 is 0 Å². The molecule has 0 unspecified atom stereocenters. The fourth-order valence-electron chi connectivity index (χ4n) is 8.80. The summed E-state index contributed by atoms with van der Waals surface area (Å²) in [6.07, 6.45) is -7.71. The van der Waals surface area contributed by atoms with E-state index in [1.54, 1.807) is 66.8 Å². The lowest BCUT2D eigenvalue weighted by molar-refractivity contribution is -0.138. The van der Waals surface area contributed by atoms with Gasteiger partial charge in [-0.05, 0) is 132 Å². The molecule has 3 aliphatic heterocycles. The number of alkyl halides is 12. The quantitative estimate of drug-likeness (QED) is 0.156. The van der Waals surface area contributed by atoms with Crippen LogP contribution in [0.4, 0.5) is 52.7 Å². The van der Waals surface area contributed by atoms with Crippen molar-refractivity contribution in [2.24, 2.45) is 9.98 Å². The minimum absolute atomic E-state index is 0.183. The third kappa shape index (κ3) is 9.69. The van der Waals surface area contributed by atoms with E-state index in [0.717, 1.165) is 48.5 Å². The second kappa shape index (κ2) is 18.4. The number of hydrogen-bond acceptors (Lipinski definition) is 4. The number of H-pyrrole nitrogens is 2. The van der Waals surface area contributed by atoms with E-state index in [2.05, 4.69) is 15.0 Å². The number of fused-ring (bicyclic) bond motifs is 6. The van der Waals surface area contributed by atoms with Crippen LogP contribution in [0.2, 0.25) is 0 Å². The molecular formula is C56H33F12N5O. The fraction of sp³-hybridized carbons (Fsp3) is 0.0893. The standard InChI is InChI=1S/C56H33F12N5O/c1-74-39-26-27-69-38(28-39)18-19-41-40-29-48(70-41)52(33-8-16-37(17-9-33)56(66,67)68)47-25-24-46(73-47)51(32-6-14-36(15-7-32)55(63,64)65)45-23-22-44(72-45)50(31-4-12-35(13-5-31)54(60,61)62)43-21-20-42(71-43)49(40)30-2-10-34(11-3-30)53(57,58)59/h2-29,70,72H,1H3/b19-18-,49-42?,50-44?,51-45?,52-47?. The minimum atomic E-state index is -4.71. The van der Waals surface area contributed by atoms with Crippen molar-refractivity contribution in [1.82, 2.24) is 15.0 Å². The predicted octanol–water partition coefficient (Wildman–Crippen LogP) is 13.6. The molecule has 6 heterocycles. The Balaban J connectivity index is 1.33. The number of nitrogens with one attached hydrogen (secondary N) is 2. The Morgan fingerprint density at radius 3 is 1.26 bits per heavy atom. The Labute approximate surface area is 411 Å². The monoisotopic (exact) mass is 1020 g/mol. The van der Waals surface area contributed by atoms with E-state index in [1.165, 1.54) is 61.8 Å². The van der Waals surface area contributed by atoms with Gasteiger partial charge in [-0.2, -0.15) is 52.7 Å². The molecule has 0 saturated carbocycles. The van der Waals surface area contributed by atoms with E-state index in [9.17, 15) is 52.7 Å². The smallest absolute Gasteiger partial charge is 0.416 e. The Morgan fingerprint density at radius 2 is 0.838 bits per heavy atom. The largest absolute Gasteiger partial charge is 0.497 e. The average Bonchev–Trinajstić information content (AvgIpc) is 4.21. The van der Waals surface area contributed by atoms with Crippen molar-refractivity contribution >= 4 is 45.9 Å². The summed E-state index contributed by atoms with van der Waals surface area (Å²) < 4.78 is 173. The van der Waals surface area contributed by atoms with Crippen LogP contribution in [0, 0.1) is 0 Å². The van der Waals surface area contributed by atoms with E-state index in [0.29, 0.717) is 33.4 Å². The van der Waals surface area contributed by atoms with Crippen molar-refractivity contribution in [3.8, 4) is 5.75 Å². The second-order valence-electron chi connectivity index (χ2n) is 17.0. The zero-order valence-corrected chi connectivity index (χ0v) is 38.0. The molecule has 4 aromatic carbocycles. The number of pyridine rings is 1. The molecule has 372 valence electrons. The first-order valence-corrected chi connectivity index (χ1v) is 22.2. The van der Waals surface area contributed by atoms with E-state index in [-0.39, 0.29) is 73.1 Å². The third-order valence-electron chi connectivity index (χ3n) is 12.3.